The maximum atomic E-state index is 12.5. The first kappa shape index (κ1) is 15.1. The Morgan fingerprint density at radius 3 is 2.81 bits per heavy atom. The number of hydrazine groups is 1. The number of fused-ring (bicyclic) bond motifs is 1. The zero-order valence-electron chi connectivity index (χ0n) is 12.1. The number of hydrogen-bond donors (Lipinski definition) is 3. The third-order valence-corrected chi connectivity index (χ3v) is 3.37. The van der Waals surface area contributed by atoms with Crippen molar-refractivity contribution in [3.05, 3.63) is 18.2 Å². The summed E-state index contributed by atoms with van der Waals surface area (Å²) in [6.45, 7) is 4.06. The Bertz CT molecular complexity index is 559. The highest BCUT2D eigenvalue weighted by Gasteiger charge is 2.36. The van der Waals surface area contributed by atoms with E-state index in [4.69, 9.17) is 16.3 Å². The van der Waals surface area contributed by atoms with Gasteiger partial charge in [-0.05, 0) is 18.1 Å². The molecule has 1 aliphatic rings. The van der Waals surface area contributed by atoms with Crippen LogP contribution in [0.3, 0.4) is 0 Å². The lowest BCUT2D eigenvalue weighted by Gasteiger charge is -2.36. The maximum Gasteiger partial charge on any atom is 0.268 e. The number of nitrogens with one attached hydrogen (secondary N) is 1. The Kier molecular flexibility index (Phi) is 4.32. The van der Waals surface area contributed by atoms with Gasteiger partial charge in [0.1, 0.15) is 5.75 Å². The van der Waals surface area contributed by atoms with Crippen LogP contribution in [-0.4, -0.2) is 24.5 Å². The summed E-state index contributed by atoms with van der Waals surface area (Å²) in [6.07, 6.45) is -0.461. The van der Waals surface area contributed by atoms with E-state index in [9.17, 15) is 9.59 Å². The van der Waals surface area contributed by atoms with Gasteiger partial charge in [-0.15, -0.1) is 0 Å². The van der Waals surface area contributed by atoms with Crippen LogP contribution in [0.4, 0.5) is 11.4 Å². The highest BCUT2D eigenvalue weighted by atomic mass is 16.5. The summed E-state index contributed by atoms with van der Waals surface area (Å²) >= 11 is 0. The van der Waals surface area contributed by atoms with E-state index in [0.717, 1.165) is 0 Å². The van der Waals surface area contributed by atoms with Gasteiger partial charge in [0.2, 0.25) is 5.91 Å². The minimum atomic E-state index is -0.583. The molecule has 1 aliphatic heterocycles. The summed E-state index contributed by atoms with van der Waals surface area (Å²) in [5.74, 6) is 5.15. The maximum absolute atomic E-state index is 12.5. The molecule has 21 heavy (non-hydrogen) atoms. The number of rotatable bonds is 4. The molecule has 7 heteroatoms. The standard InChI is InChI=1S/C14H20N4O3/c1-8(2)13-14(20)18(6-5-12(19)17-16)10-4-3-9(15)7-11(10)21-13/h3-4,7-8,13H,5-6,15-16H2,1-2H3,(H,17,19). The fraction of sp³-hybridized carbons (Fsp3) is 0.429. The van der Waals surface area contributed by atoms with Crippen LogP contribution in [0.25, 0.3) is 0 Å². The number of benzene rings is 1. The van der Waals surface area contributed by atoms with Crippen LogP contribution in [0, 0.1) is 5.92 Å². The van der Waals surface area contributed by atoms with Crippen molar-refractivity contribution in [1.29, 1.82) is 0 Å². The molecule has 7 nitrogen and oxygen atoms in total. The van der Waals surface area contributed by atoms with Crippen LogP contribution in [-0.2, 0) is 9.59 Å². The molecule has 114 valence electrons. The number of amides is 2. The van der Waals surface area contributed by atoms with Gasteiger partial charge >= 0.3 is 0 Å². The number of carbonyl (C=O) groups excluding carboxylic acids is 2. The number of ether oxygens (including phenoxy) is 1. The lowest BCUT2D eigenvalue weighted by molar-refractivity contribution is -0.128. The topological polar surface area (TPSA) is 111 Å². The number of nitrogens with zero attached hydrogens (tertiary/aromatic N) is 1. The fourth-order valence-electron chi connectivity index (χ4n) is 2.25. The second kappa shape index (κ2) is 6.01. The summed E-state index contributed by atoms with van der Waals surface area (Å²) in [6, 6.07) is 5.10. The summed E-state index contributed by atoms with van der Waals surface area (Å²) in [7, 11) is 0. The first-order chi connectivity index (χ1) is 9.93. The zero-order valence-corrected chi connectivity index (χ0v) is 12.1. The largest absolute Gasteiger partial charge is 0.478 e. The van der Waals surface area contributed by atoms with E-state index in [0.29, 0.717) is 17.1 Å². The van der Waals surface area contributed by atoms with Gasteiger partial charge in [-0.3, -0.25) is 15.0 Å². The van der Waals surface area contributed by atoms with Crippen LogP contribution in [0.15, 0.2) is 18.2 Å². The van der Waals surface area contributed by atoms with Gasteiger partial charge in [0.15, 0.2) is 6.10 Å². The number of carbonyl (C=O) groups is 2. The van der Waals surface area contributed by atoms with Crippen LogP contribution in [0.2, 0.25) is 0 Å². The molecule has 1 aromatic carbocycles. The predicted molar refractivity (Wildman–Crippen MR) is 79.4 cm³/mol. The molecular weight excluding hydrogens is 272 g/mol. The van der Waals surface area contributed by atoms with E-state index in [1.54, 1.807) is 23.1 Å². The fourth-order valence-corrected chi connectivity index (χ4v) is 2.25. The van der Waals surface area contributed by atoms with Crippen molar-refractivity contribution in [1.82, 2.24) is 5.43 Å². The number of nitrogen functional groups attached to an aromatic ring is 1. The molecule has 0 saturated carbocycles. The number of nitrogens with two attached hydrogens (primary N) is 2. The molecule has 0 aliphatic carbocycles. The summed E-state index contributed by atoms with van der Waals surface area (Å²) < 4.78 is 5.75. The van der Waals surface area contributed by atoms with Crippen molar-refractivity contribution >= 4 is 23.2 Å². The van der Waals surface area contributed by atoms with Crippen LogP contribution < -0.4 is 26.6 Å². The van der Waals surface area contributed by atoms with E-state index in [1.165, 1.54) is 0 Å². The van der Waals surface area contributed by atoms with Crippen LogP contribution >= 0.6 is 0 Å². The molecule has 5 N–H and O–H groups in total. The molecule has 1 heterocycles. The molecule has 0 saturated heterocycles. The average molecular weight is 292 g/mol. The Morgan fingerprint density at radius 2 is 2.19 bits per heavy atom. The minimum absolute atomic E-state index is 0.0120. The first-order valence-electron chi connectivity index (χ1n) is 6.81. The quantitative estimate of drug-likeness (QED) is 0.322. The lowest BCUT2D eigenvalue weighted by Crippen LogP contribution is -2.49. The molecular formula is C14H20N4O3. The van der Waals surface area contributed by atoms with Crippen molar-refractivity contribution in [3.63, 3.8) is 0 Å². The lowest BCUT2D eigenvalue weighted by atomic mass is 10.0. The number of anilines is 2. The molecule has 0 aromatic heterocycles. The predicted octanol–water partition coefficient (Wildman–Crippen LogP) is 0.399. The van der Waals surface area contributed by atoms with Gasteiger partial charge in [-0.2, -0.15) is 0 Å². The van der Waals surface area contributed by atoms with Crippen molar-refractivity contribution in [2.75, 3.05) is 17.2 Å². The summed E-state index contributed by atoms with van der Waals surface area (Å²) in [5, 5.41) is 0. The summed E-state index contributed by atoms with van der Waals surface area (Å²) in [4.78, 5) is 25.4. The molecule has 2 rings (SSSR count). The monoisotopic (exact) mass is 292 g/mol. The molecule has 0 radical (unpaired) electrons. The smallest absolute Gasteiger partial charge is 0.268 e. The van der Waals surface area contributed by atoms with E-state index in [-0.39, 0.29) is 30.7 Å². The molecule has 1 aromatic rings. The molecule has 0 bridgehead atoms. The Labute approximate surface area is 123 Å². The zero-order chi connectivity index (χ0) is 15.6. The van der Waals surface area contributed by atoms with Gasteiger partial charge < -0.3 is 15.4 Å². The van der Waals surface area contributed by atoms with Crippen molar-refractivity contribution in [2.45, 2.75) is 26.4 Å². The SMILES string of the molecule is CC(C)C1Oc2cc(N)ccc2N(CCC(=O)NN)C1=O. The molecule has 1 atom stereocenters. The highest BCUT2D eigenvalue weighted by molar-refractivity contribution is 6.00. The van der Waals surface area contributed by atoms with E-state index in [2.05, 4.69) is 5.43 Å². The Hall–Kier alpha value is -2.28. The van der Waals surface area contributed by atoms with Gasteiger partial charge in [0, 0.05) is 24.7 Å². The van der Waals surface area contributed by atoms with Crippen molar-refractivity contribution < 1.29 is 14.3 Å². The second-order valence-electron chi connectivity index (χ2n) is 5.32. The minimum Gasteiger partial charge on any atom is -0.478 e. The van der Waals surface area contributed by atoms with Gasteiger partial charge in [-0.25, -0.2) is 5.84 Å². The normalized spacial score (nSPS) is 17.4. The van der Waals surface area contributed by atoms with Gasteiger partial charge in [0.25, 0.3) is 5.91 Å². The van der Waals surface area contributed by atoms with E-state index in [1.807, 2.05) is 13.8 Å². The van der Waals surface area contributed by atoms with Crippen molar-refractivity contribution in [2.24, 2.45) is 11.8 Å². The average Bonchev–Trinajstić information content (AvgIpc) is 2.45. The first-order valence-corrected chi connectivity index (χ1v) is 6.81. The molecule has 2 amide bonds. The molecule has 0 fully saturated rings. The third-order valence-electron chi connectivity index (χ3n) is 3.37. The Balaban J connectivity index is 2.32. The third kappa shape index (κ3) is 3.08. The molecule has 0 spiro atoms. The molecule has 1 unspecified atom stereocenters. The Morgan fingerprint density at radius 1 is 1.48 bits per heavy atom. The second-order valence-corrected chi connectivity index (χ2v) is 5.32. The van der Waals surface area contributed by atoms with Crippen LogP contribution in [0.1, 0.15) is 20.3 Å². The van der Waals surface area contributed by atoms with Gasteiger partial charge in [-0.1, -0.05) is 13.8 Å². The van der Waals surface area contributed by atoms with E-state index < -0.39 is 6.10 Å². The highest BCUT2D eigenvalue weighted by Crippen LogP contribution is 2.37. The van der Waals surface area contributed by atoms with Crippen LogP contribution in [0.5, 0.6) is 5.75 Å². The van der Waals surface area contributed by atoms with Crippen molar-refractivity contribution in [3.8, 4) is 5.75 Å². The van der Waals surface area contributed by atoms with E-state index >= 15 is 0 Å². The van der Waals surface area contributed by atoms with Gasteiger partial charge in [0.05, 0.1) is 5.69 Å². The number of hydrogen-bond acceptors (Lipinski definition) is 5. The summed E-state index contributed by atoms with van der Waals surface area (Å²) in [5.41, 5.74) is 9.00.